The standard InChI is InChI=1S/C22H51Cl2NSi3/c1-17(2)27(18(3)4,19(5)6)25(15-14-16-26(13,23)24)28(20(7)8,21(9)10)22(11)12/h17-22H,14-16H2,1-13H3. The van der Waals surface area contributed by atoms with Gasteiger partial charge in [-0.25, -0.2) is 0 Å². The van der Waals surface area contributed by atoms with Crippen molar-refractivity contribution in [2.45, 2.75) is 135 Å². The lowest BCUT2D eigenvalue weighted by atomic mass is 10.5. The van der Waals surface area contributed by atoms with Crippen LogP contribution in [-0.2, 0) is 0 Å². The molecule has 170 valence electrons. The summed E-state index contributed by atoms with van der Waals surface area (Å²) in [6.07, 6.45) is 1.15. The first-order valence-electron chi connectivity index (χ1n) is 11.7. The van der Waals surface area contributed by atoms with Gasteiger partial charge in [0.15, 0.2) is 0 Å². The van der Waals surface area contributed by atoms with Crippen molar-refractivity contribution in [3.63, 3.8) is 0 Å². The lowest BCUT2D eigenvalue weighted by molar-refractivity contribution is 0.493. The summed E-state index contributed by atoms with van der Waals surface area (Å²) in [5.41, 5.74) is 4.45. The third-order valence-corrected chi connectivity index (χ3v) is 25.6. The molecule has 0 atom stereocenters. The second-order valence-electron chi connectivity index (χ2n) is 11.0. The van der Waals surface area contributed by atoms with Crippen molar-refractivity contribution in [3.05, 3.63) is 0 Å². The van der Waals surface area contributed by atoms with Gasteiger partial charge in [0.25, 0.3) is 0 Å². The maximum Gasteiger partial charge on any atom is 0.248 e. The highest BCUT2D eigenvalue weighted by Gasteiger charge is 2.58. The molecule has 0 fully saturated rings. The molecule has 28 heavy (non-hydrogen) atoms. The highest BCUT2D eigenvalue weighted by atomic mass is 35.7. The van der Waals surface area contributed by atoms with Crippen molar-refractivity contribution in [2.75, 3.05) is 6.54 Å². The zero-order valence-corrected chi connectivity index (χ0v) is 25.8. The molecular formula is C22H51Cl2NSi3. The number of hydrogen-bond acceptors (Lipinski definition) is 1. The Labute approximate surface area is 190 Å². The Hall–Kier alpha value is 1.19. The number of nitrogens with zero attached hydrogens (tertiary/aromatic N) is 1. The van der Waals surface area contributed by atoms with Gasteiger partial charge in [-0.3, -0.25) is 0 Å². The normalized spacial score (nSPS) is 14.8. The van der Waals surface area contributed by atoms with Crippen LogP contribution in [0, 0.1) is 0 Å². The fraction of sp³-hybridized carbons (Fsp3) is 1.00. The van der Waals surface area contributed by atoms with Gasteiger partial charge in [-0.2, -0.15) is 0 Å². The Morgan fingerprint density at radius 1 is 0.571 bits per heavy atom. The van der Waals surface area contributed by atoms with E-state index >= 15 is 0 Å². The summed E-state index contributed by atoms with van der Waals surface area (Å²) in [7, 11) is -3.51. The fourth-order valence-electron chi connectivity index (χ4n) is 7.14. The Kier molecular flexibility index (Phi) is 11.6. The Morgan fingerprint density at radius 3 is 1.00 bits per heavy atom. The topological polar surface area (TPSA) is 3.24 Å². The summed E-state index contributed by atoms with van der Waals surface area (Å²) in [5.74, 6) is 0. The molecule has 0 bridgehead atoms. The van der Waals surface area contributed by atoms with E-state index < -0.39 is 23.2 Å². The number of hydrogen-bond donors (Lipinski definition) is 0. The quantitative estimate of drug-likeness (QED) is 0.197. The van der Waals surface area contributed by atoms with Crippen molar-refractivity contribution in [3.8, 4) is 0 Å². The van der Waals surface area contributed by atoms with Gasteiger partial charge in [0, 0.05) is 0 Å². The van der Waals surface area contributed by atoms with Crippen molar-refractivity contribution >= 4 is 45.3 Å². The van der Waals surface area contributed by atoms with Crippen LogP contribution in [0.5, 0.6) is 0 Å². The molecule has 0 aromatic rings. The summed E-state index contributed by atoms with van der Waals surface area (Å²) < 4.78 is 3.24. The predicted octanol–water partition coefficient (Wildman–Crippen LogP) is 9.58. The van der Waals surface area contributed by atoms with Crippen LogP contribution in [0.1, 0.15) is 89.5 Å². The summed E-state index contributed by atoms with van der Waals surface area (Å²) in [6.45, 7) is 31.4. The molecule has 0 aliphatic rings. The number of halogens is 2. The minimum absolute atomic E-state index is 0.742. The van der Waals surface area contributed by atoms with Gasteiger partial charge in [-0.1, -0.05) is 83.1 Å². The minimum Gasteiger partial charge on any atom is -0.344 e. The largest absolute Gasteiger partial charge is 0.344 e. The van der Waals surface area contributed by atoms with Crippen LogP contribution in [0.3, 0.4) is 0 Å². The fourth-order valence-corrected chi connectivity index (χ4v) is 28.9. The molecule has 1 nitrogen and oxygen atoms in total. The first-order valence-corrected chi connectivity index (χ1v) is 20.7. The Bertz CT molecular complexity index is 382. The van der Waals surface area contributed by atoms with Crippen molar-refractivity contribution in [1.29, 1.82) is 0 Å². The summed E-state index contributed by atoms with van der Waals surface area (Å²) in [4.78, 5) is 0. The van der Waals surface area contributed by atoms with E-state index in [-0.39, 0.29) is 0 Å². The van der Waals surface area contributed by atoms with E-state index in [1.165, 1.54) is 6.54 Å². The second kappa shape index (κ2) is 11.2. The van der Waals surface area contributed by atoms with E-state index in [1.807, 2.05) is 0 Å². The SMILES string of the molecule is CC(C)[Si](C(C)C)(C(C)C)N(CCC[Si](C)(Cl)Cl)[Si](C(C)C)(C(C)C)C(C)C. The van der Waals surface area contributed by atoms with Crippen LogP contribution < -0.4 is 0 Å². The Balaban J connectivity index is 6.75. The monoisotopic (exact) mass is 483 g/mol. The maximum absolute atomic E-state index is 6.53. The van der Waals surface area contributed by atoms with E-state index in [9.17, 15) is 0 Å². The molecule has 0 spiro atoms. The van der Waals surface area contributed by atoms with Gasteiger partial charge in [-0.15, -0.1) is 22.2 Å². The average molecular weight is 485 g/mol. The van der Waals surface area contributed by atoms with Crippen LogP contribution >= 0.6 is 22.2 Å². The zero-order valence-electron chi connectivity index (χ0n) is 21.3. The van der Waals surface area contributed by atoms with Crippen LogP contribution in [0.25, 0.3) is 0 Å². The van der Waals surface area contributed by atoms with E-state index in [2.05, 4.69) is 93.9 Å². The second-order valence-corrected chi connectivity index (χ2v) is 31.3. The zero-order chi connectivity index (χ0) is 22.7. The molecule has 0 saturated heterocycles. The van der Waals surface area contributed by atoms with Crippen molar-refractivity contribution < 1.29 is 0 Å². The minimum atomic E-state index is -2.06. The van der Waals surface area contributed by atoms with Crippen LogP contribution in [-0.4, -0.2) is 33.9 Å². The van der Waals surface area contributed by atoms with Crippen LogP contribution in [0.4, 0.5) is 0 Å². The highest BCUT2D eigenvalue weighted by molar-refractivity contribution is 7.44. The molecule has 0 aliphatic heterocycles. The van der Waals surface area contributed by atoms with Gasteiger partial charge in [-0.05, 0) is 58.8 Å². The lowest BCUT2D eigenvalue weighted by Gasteiger charge is -2.63. The molecule has 6 heteroatoms. The first-order chi connectivity index (χ1) is 12.5. The first kappa shape index (κ1) is 29.2. The molecule has 0 saturated carbocycles. The molecule has 0 aromatic heterocycles. The van der Waals surface area contributed by atoms with Crippen molar-refractivity contribution in [1.82, 2.24) is 4.23 Å². The summed E-state index contributed by atoms with van der Waals surface area (Å²) in [6, 6.07) is 1.00. The van der Waals surface area contributed by atoms with E-state index in [0.29, 0.717) is 0 Å². The highest BCUT2D eigenvalue weighted by Crippen LogP contribution is 2.53. The van der Waals surface area contributed by atoms with Gasteiger partial charge >= 0.3 is 0 Å². The van der Waals surface area contributed by atoms with E-state index in [0.717, 1.165) is 45.7 Å². The molecule has 0 radical (unpaired) electrons. The van der Waals surface area contributed by atoms with Crippen molar-refractivity contribution in [2.24, 2.45) is 0 Å². The summed E-state index contributed by atoms with van der Waals surface area (Å²) in [5, 5.41) is 0. The van der Waals surface area contributed by atoms with Crippen LogP contribution in [0.2, 0.25) is 45.8 Å². The number of rotatable bonds is 12. The third kappa shape index (κ3) is 5.91. The third-order valence-electron chi connectivity index (χ3n) is 7.48. The van der Waals surface area contributed by atoms with Gasteiger partial charge in [0.2, 0.25) is 6.69 Å². The Morgan fingerprint density at radius 2 is 0.821 bits per heavy atom. The molecule has 0 heterocycles. The molecule has 0 N–H and O–H groups in total. The predicted molar refractivity (Wildman–Crippen MR) is 142 cm³/mol. The molecular weight excluding hydrogens is 433 g/mol. The lowest BCUT2D eigenvalue weighted by Crippen LogP contribution is -2.74. The molecule has 0 aromatic carbocycles. The van der Waals surface area contributed by atoms with Crippen LogP contribution in [0.15, 0.2) is 0 Å². The molecule has 0 aliphatic carbocycles. The summed E-state index contributed by atoms with van der Waals surface area (Å²) >= 11 is 13.1. The molecule has 0 amide bonds. The average Bonchev–Trinajstić information content (AvgIpc) is 2.43. The molecule has 0 rings (SSSR count). The van der Waals surface area contributed by atoms with Gasteiger partial charge in [0.1, 0.15) is 16.5 Å². The van der Waals surface area contributed by atoms with Gasteiger partial charge in [0.05, 0.1) is 0 Å². The maximum atomic E-state index is 6.53. The van der Waals surface area contributed by atoms with E-state index in [1.54, 1.807) is 0 Å². The smallest absolute Gasteiger partial charge is 0.248 e. The molecule has 0 unspecified atom stereocenters. The van der Waals surface area contributed by atoms with E-state index in [4.69, 9.17) is 22.2 Å². The van der Waals surface area contributed by atoms with Gasteiger partial charge < -0.3 is 4.23 Å².